The van der Waals surface area contributed by atoms with Gasteiger partial charge in [0.15, 0.2) is 0 Å². The minimum absolute atomic E-state index is 0.159. The first-order valence-electron chi connectivity index (χ1n) is 9.06. The number of hydrogen-bond acceptors (Lipinski definition) is 3. The second-order valence-electron chi connectivity index (χ2n) is 6.35. The highest BCUT2D eigenvalue weighted by Crippen LogP contribution is 2.30. The molecular formula is C20H24ClN3O2S. The van der Waals surface area contributed by atoms with Crippen LogP contribution in [-0.2, 0) is 16.4 Å². The fourth-order valence-corrected chi connectivity index (χ4v) is 4.55. The summed E-state index contributed by atoms with van der Waals surface area (Å²) in [4.78, 5) is 5.77. The van der Waals surface area contributed by atoms with Crippen molar-refractivity contribution in [2.45, 2.75) is 25.2 Å². The third-order valence-electron chi connectivity index (χ3n) is 4.80. The Morgan fingerprint density at radius 1 is 1.04 bits per heavy atom. The number of aromatic nitrogens is 1. The predicted molar refractivity (Wildman–Crippen MR) is 112 cm³/mol. The molecule has 1 heterocycles. The monoisotopic (exact) mass is 405 g/mol. The fourth-order valence-electron chi connectivity index (χ4n) is 3.13. The smallest absolute Gasteiger partial charge is 0.278 e. The van der Waals surface area contributed by atoms with Crippen LogP contribution in [0, 0.1) is 0 Å². The van der Waals surface area contributed by atoms with Crippen molar-refractivity contribution < 1.29 is 8.42 Å². The van der Waals surface area contributed by atoms with Gasteiger partial charge in [-0.05, 0) is 49.3 Å². The molecule has 3 aromatic rings. The lowest BCUT2D eigenvalue weighted by Crippen LogP contribution is -2.25. The molecule has 0 saturated heterocycles. The van der Waals surface area contributed by atoms with Crippen molar-refractivity contribution in [2.24, 2.45) is 0 Å². The van der Waals surface area contributed by atoms with Crippen molar-refractivity contribution in [3.63, 3.8) is 0 Å². The summed E-state index contributed by atoms with van der Waals surface area (Å²) < 4.78 is 26.2. The molecule has 2 aromatic carbocycles. The molecule has 0 amide bonds. The first-order valence-corrected chi connectivity index (χ1v) is 10.8. The third-order valence-corrected chi connectivity index (χ3v) is 7.04. The number of likely N-dealkylation sites (N-methyl/N-ethyl adjacent to an activating group) is 1. The van der Waals surface area contributed by atoms with Gasteiger partial charge < -0.3 is 9.88 Å². The van der Waals surface area contributed by atoms with Gasteiger partial charge in [0.05, 0.1) is 10.6 Å². The van der Waals surface area contributed by atoms with Crippen molar-refractivity contribution in [1.82, 2.24) is 9.88 Å². The molecule has 7 heteroatoms. The largest absolute Gasteiger partial charge is 0.361 e. The van der Waals surface area contributed by atoms with Crippen molar-refractivity contribution in [3.05, 3.63) is 60.3 Å². The molecule has 3 rings (SSSR count). The van der Waals surface area contributed by atoms with Gasteiger partial charge in [0.1, 0.15) is 0 Å². The summed E-state index contributed by atoms with van der Waals surface area (Å²) >= 11 is 6.20. The summed E-state index contributed by atoms with van der Waals surface area (Å²) in [5, 5.41) is 1.09. The molecule has 0 bridgehead atoms. The van der Waals surface area contributed by atoms with Crippen molar-refractivity contribution in [3.8, 4) is 0 Å². The molecule has 0 aliphatic heterocycles. The van der Waals surface area contributed by atoms with Gasteiger partial charge >= 0.3 is 0 Å². The maximum Gasteiger partial charge on any atom is 0.278 e. The Morgan fingerprint density at radius 2 is 1.74 bits per heavy atom. The molecule has 5 nitrogen and oxygen atoms in total. The van der Waals surface area contributed by atoms with E-state index in [2.05, 4.69) is 23.7 Å². The van der Waals surface area contributed by atoms with E-state index in [4.69, 9.17) is 11.8 Å². The minimum atomic E-state index is -3.80. The number of aromatic amines is 1. The lowest BCUT2D eigenvalue weighted by molar-refractivity contribution is 0.308. The van der Waals surface area contributed by atoms with Crippen LogP contribution in [0.4, 0.5) is 5.69 Å². The molecule has 0 atom stereocenters. The first kappa shape index (κ1) is 19.7. The summed E-state index contributed by atoms with van der Waals surface area (Å²) in [6.45, 7) is 7.37. The maximum absolute atomic E-state index is 12.7. The van der Waals surface area contributed by atoms with Gasteiger partial charge in [0.25, 0.3) is 10.0 Å². The van der Waals surface area contributed by atoms with Crippen LogP contribution >= 0.6 is 11.8 Å². The summed E-state index contributed by atoms with van der Waals surface area (Å²) in [6, 6.07) is 13.6. The van der Waals surface area contributed by atoms with Crippen LogP contribution in [0.2, 0.25) is 0 Å². The zero-order valence-corrected chi connectivity index (χ0v) is 17.1. The Morgan fingerprint density at radius 3 is 2.41 bits per heavy atom. The quantitative estimate of drug-likeness (QED) is 0.565. The first-order chi connectivity index (χ1) is 13.0. The van der Waals surface area contributed by atoms with Gasteiger partial charge in [0, 0.05) is 35.4 Å². The molecule has 0 spiro atoms. The summed E-state index contributed by atoms with van der Waals surface area (Å²) in [5.41, 5.74) is 2.50. The van der Waals surface area contributed by atoms with Crippen LogP contribution in [0.1, 0.15) is 19.4 Å². The summed E-state index contributed by atoms with van der Waals surface area (Å²) in [6.07, 6.45) is 2.93. The van der Waals surface area contributed by atoms with E-state index in [1.54, 1.807) is 30.3 Å². The lowest BCUT2D eigenvalue weighted by atomic mass is 10.1. The summed E-state index contributed by atoms with van der Waals surface area (Å²) in [5.74, 6) is 0. The average Bonchev–Trinajstić information content (AvgIpc) is 3.11. The normalized spacial score (nSPS) is 12.0. The number of sulfonamides is 1. The molecule has 0 fully saturated rings. The molecule has 1 N–H and O–H groups in total. The molecule has 0 unspecified atom stereocenters. The van der Waals surface area contributed by atoms with Crippen LogP contribution in [0.5, 0.6) is 0 Å². The van der Waals surface area contributed by atoms with Crippen LogP contribution in [0.15, 0.2) is 59.6 Å². The van der Waals surface area contributed by atoms with Gasteiger partial charge in [-0.25, -0.2) is 0 Å². The van der Waals surface area contributed by atoms with E-state index in [9.17, 15) is 8.42 Å². The van der Waals surface area contributed by atoms with Gasteiger partial charge in [-0.3, -0.25) is 0 Å². The van der Waals surface area contributed by atoms with Crippen LogP contribution in [0.3, 0.4) is 0 Å². The Kier molecular flexibility index (Phi) is 6.09. The highest BCUT2D eigenvalue weighted by Gasteiger charge is 2.23. The maximum atomic E-state index is 12.7. The number of H-pyrrole nitrogens is 1. The van der Waals surface area contributed by atoms with E-state index in [0.717, 1.165) is 40.8 Å². The molecule has 0 radical (unpaired) electrons. The zero-order valence-electron chi connectivity index (χ0n) is 15.5. The molecule has 144 valence electrons. The number of nitrogens with one attached hydrogen (secondary N) is 1. The van der Waals surface area contributed by atoms with Gasteiger partial charge in [0.2, 0.25) is 0 Å². The molecule has 0 aliphatic rings. The highest BCUT2D eigenvalue weighted by atomic mass is 35.5. The Bertz CT molecular complexity index is 998. The van der Waals surface area contributed by atoms with Crippen molar-refractivity contribution in [1.29, 1.82) is 0 Å². The second kappa shape index (κ2) is 8.33. The SMILES string of the molecule is CCN(CC)CCc1c[nH]c2cc(N(Cl)S(=O)(=O)c3ccccc3)ccc12. The average molecular weight is 406 g/mol. The Labute approximate surface area is 165 Å². The molecule has 0 saturated carbocycles. The van der Waals surface area contributed by atoms with E-state index >= 15 is 0 Å². The minimum Gasteiger partial charge on any atom is -0.361 e. The summed E-state index contributed by atoms with van der Waals surface area (Å²) in [7, 11) is -3.80. The fraction of sp³-hybridized carbons (Fsp3) is 0.300. The van der Waals surface area contributed by atoms with Crippen molar-refractivity contribution in [2.75, 3.05) is 23.5 Å². The third kappa shape index (κ3) is 4.13. The van der Waals surface area contributed by atoms with E-state index < -0.39 is 10.0 Å². The standard InChI is InChI=1S/C20H24ClN3O2S/c1-3-23(4-2)13-12-16-15-22-20-14-17(10-11-19(16)20)24(21)27(25,26)18-8-6-5-7-9-18/h5-11,14-15,22H,3-4,12-13H2,1-2H3. The number of fused-ring (bicyclic) bond motifs is 1. The number of hydrogen-bond donors (Lipinski definition) is 1. The Balaban J connectivity index is 1.85. The highest BCUT2D eigenvalue weighted by molar-refractivity contribution is 7.94. The van der Waals surface area contributed by atoms with Crippen molar-refractivity contribution >= 4 is 38.4 Å². The van der Waals surface area contributed by atoms with E-state index in [1.807, 2.05) is 12.3 Å². The van der Waals surface area contributed by atoms with E-state index in [-0.39, 0.29) is 4.90 Å². The van der Waals surface area contributed by atoms with Gasteiger partial charge in [-0.2, -0.15) is 12.2 Å². The van der Waals surface area contributed by atoms with Gasteiger partial charge in [-0.1, -0.05) is 38.1 Å². The van der Waals surface area contributed by atoms with Crippen LogP contribution in [-0.4, -0.2) is 37.9 Å². The molecule has 0 aliphatic carbocycles. The number of halogens is 1. The second-order valence-corrected chi connectivity index (χ2v) is 8.68. The lowest BCUT2D eigenvalue weighted by Gasteiger charge is -2.17. The molecule has 1 aromatic heterocycles. The molecule has 27 heavy (non-hydrogen) atoms. The van der Waals surface area contributed by atoms with Crippen LogP contribution in [0.25, 0.3) is 10.9 Å². The van der Waals surface area contributed by atoms with E-state index in [0.29, 0.717) is 5.69 Å². The van der Waals surface area contributed by atoms with E-state index in [1.165, 1.54) is 17.7 Å². The Hall–Kier alpha value is -2.02. The van der Waals surface area contributed by atoms with Gasteiger partial charge in [-0.15, -0.1) is 0 Å². The number of nitrogens with zero attached hydrogens (tertiary/aromatic N) is 2. The number of anilines is 1. The predicted octanol–water partition coefficient (Wildman–Crippen LogP) is 4.40. The zero-order chi connectivity index (χ0) is 19.4. The number of rotatable bonds is 8. The van der Waals surface area contributed by atoms with Crippen LogP contribution < -0.4 is 3.82 Å². The molecular weight excluding hydrogens is 382 g/mol. The topological polar surface area (TPSA) is 56.4 Å². The number of benzene rings is 2.